The molecule has 1 aromatic rings. The smallest absolute Gasteiger partial charge is 0.324 e. The Morgan fingerprint density at radius 1 is 0.952 bits per heavy atom. The van der Waals surface area contributed by atoms with E-state index in [1.54, 1.807) is 0 Å². The van der Waals surface area contributed by atoms with Crippen LogP contribution in [0.4, 0.5) is 26.3 Å². The van der Waals surface area contributed by atoms with Crippen LogP contribution in [0.5, 0.6) is 0 Å². The molecule has 0 amide bonds. The van der Waals surface area contributed by atoms with Gasteiger partial charge in [-0.2, -0.15) is 26.3 Å². The Labute approximate surface area is 123 Å². The lowest BCUT2D eigenvalue weighted by molar-refractivity contribution is -0.143. The second-order valence-corrected chi connectivity index (χ2v) is 5.12. The molecule has 1 saturated carbocycles. The molecule has 1 atom stereocenters. The van der Waals surface area contributed by atoms with Crippen LogP contribution in [0.2, 0.25) is 0 Å². The van der Waals surface area contributed by atoms with E-state index in [0.29, 0.717) is 24.5 Å². The Hall–Kier alpha value is -0.950. The summed E-state index contributed by atoms with van der Waals surface area (Å²) in [5.74, 6) is 0.314. The maximum absolute atomic E-state index is 12.7. The summed E-state index contributed by atoms with van der Waals surface area (Å²) < 4.78 is 76.0. The lowest BCUT2D eigenvalue weighted by Gasteiger charge is -2.17. The normalized spacial score (nSPS) is 17.3. The molecule has 2 rings (SSSR count). The molecule has 21 heavy (non-hydrogen) atoms. The Morgan fingerprint density at radius 2 is 1.38 bits per heavy atom. The highest BCUT2D eigenvalue weighted by molar-refractivity contribution is 5.85. The first kappa shape index (κ1) is 18.1. The minimum atomic E-state index is -4.82. The van der Waals surface area contributed by atoms with Crippen LogP contribution in [-0.4, -0.2) is 0 Å². The molecule has 0 heterocycles. The molecule has 0 aromatic heterocycles. The summed E-state index contributed by atoms with van der Waals surface area (Å²) in [4.78, 5) is 0. The van der Waals surface area contributed by atoms with E-state index >= 15 is 0 Å². The molecule has 8 heteroatoms. The molecule has 0 radical (unpaired) electrons. The van der Waals surface area contributed by atoms with Gasteiger partial charge in [-0.3, -0.25) is 0 Å². The topological polar surface area (TPSA) is 26.0 Å². The highest BCUT2D eigenvalue weighted by Gasteiger charge is 2.37. The van der Waals surface area contributed by atoms with Gasteiger partial charge in [0.1, 0.15) is 0 Å². The Morgan fingerprint density at radius 3 is 1.71 bits per heavy atom. The largest absolute Gasteiger partial charge is 0.416 e. The maximum atomic E-state index is 12.7. The van der Waals surface area contributed by atoms with Gasteiger partial charge in [-0.15, -0.1) is 12.4 Å². The molecule has 1 aliphatic rings. The number of halogens is 7. The molecule has 0 spiro atoms. The van der Waals surface area contributed by atoms with E-state index in [1.165, 1.54) is 0 Å². The third-order valence-corrected chi connectivity index (χ3v) is 3.32. The van der Waals surface area contributed by atoms with Gasteiger partial charge in [-0.25, -0.2) is 0 Å². The van der Waals surface area contributed by atoms with Gasteiger partial charge in [0, 0.05) is 6.04 Å². The van der Waals surface area contributed by atoms with Crippen molar-refractivity contribution in [2.24, 2.45) is 11.7 Å². The zero-order valence-corrected chi connectivity index (χ0v) is 11.6. The van der Waals surface area contributed by atoms with E-state index in [9.17, 15) is 26.3 Å². The first-order valence-electron chi connectivity index (χ1n) is 6.12. The third kappa shape index (κ3) is 4.78. The van der Waals surface area contributed by atoms with E-state index in [2.05, 4.69) is 0 Å². The van der Waals surface area contributed by atoms with Crippen LogP contribution < -0.4 is 5.73 Å². The van der Waals surface area contributed by atoms with Gasteiger partial charge in [-0.1, -0.05) is 12.8 Å². The summed E-state index contributed by atoms with van der Waals surface area (Å²) in [6, 6.07) is 0.740. The molecule has 0 unspecified atom stereocenters. The Balaban J connectivity index is 0.00000220. The molecule has 1 aromatic carbocycles. The monoisotopic (exact) mass is 333 g/mol. The van der Waals surface area contributed by atoms with Gasteiger partial charge in [-0.05, 0) is 36.1 Å². The molecule has 0 bridgehead atoms. The molecule has 0 saturated heterocycles. The predicted molar refractivity (Wildman–Crippen MR) is 68.0 cm³/mol. The summed E-state index contributed by atoms with van der Waals surface area (Å²) >= 11 is 0. The molecule has 1 aliphatic carbocycles. The average molecular weight is 334 g/mol. The molecule has 120 valence electrons. The number of alkyl halides is 6. The van der Waals surface area contributed by atoms with Crippen molar-refractivity contribution in [3.05, 3.63) is 34.9 Å². The fourth-order valence-electron chi connectivity index (χ4n) is 2.04. The molecular formula is C13H14ClF6N. The van der Waals surface area contributed by atoms with Gasteiger partial charge >= 0.3 is 12.4 Å². The van der Waals surface area contributed by atoms with Crippen molar-refractivity contribution in [1.82, 2.24) is 0 Å². The lowest BCUT2D eigenvalue weighted by Crippen LogP contribution is -2.16. The van der Waals surface area contributed by atoms with E-state index in [1.807, 2.05) is 0 Å². The van der Waals surface area contributed by atoms with Crippen molar-refractivity contribution in [1.29, 1.82) is 0 Å². The quantitative estimate of drug-likeness (QED) is 0.778. The second kappa shape index (κ2) is 6.04. The SMILES string of the molecule is Cl.N[C@H](CC1CC1)c1cc(C(F)(F)F)cc(C(F)(F)F)c1. The van der Waals surface area contributed by atoms with Crippen LogP contribution in [0.1, 0.15) is 42.0 Å². The first-order chi connectivity index (χ1) is 9.07. The van der Waals surface area contributed by atoms with Crippen molar-refractivity contribution in [3.8, 4) is 0 Å². The van der Waals surface area contributed by atoms with Crippen LogP contribution in [0.25, 0.3) is 0 Å². The molecule has 1 nitrogen and oxygen atoms in total. The van der Waals surface area contributed by atoms with Crippen LogP contribution >= 0.6 is 12.4 Å². The molecular weight excluding hydrogens is 320 g/mol. The van der Waals surface area contributed by atoms with E-state index in [-0.39, 0.29) is 24.0 Å². The molecule has 2 N–H and O–H groups in total. The Bertz CT molecular complexity index is 460. The second-order valence-electron chi connectivity index (χ2n) is 5.12. The highest BCUT2D eigenvalue weighted by atomic mass is 35.5. The number of hydrogen-bond acceptors (Lipinski definition) is 1. The summed E-state index contributed by atoms with van der Waals surface area (Å²) in [7, 11) is 0. The number of hydrogen-bond donors (Lipinski definition) is 1. The van der Waals surface area contributed by atoms with Crippen molar-refractivity contribution < 1.29 is 26.3 Å². The minimum Gasteiger partial charge on any atom is -0.324 e. The number of rotatable bonds is 3. The fraction of sp³-hybridized carbons (Fsp3) is 0.538. The van der Waals surface area contributed by atoms with Gasteiger partial charge in [0.05, 0.1) is 11.1 Å². The third-order valence-electron chi connectivity index (χ3n) is 3.32. The van der Waals surface area contributed by atoms with Crippen molar-refractivity contribution in [2.45, 2.75) is 37.7 Å². The summed E-state index contributed by atoms with van der Waals surface area (Å²) in [5.41, 5.74) is 2.99. The standard InChI is InChI=1S/C13H13F6N.ClH/c14-12(15,16)9-4-8(11(20)3-7-1-2-7)5-10(6-9)13(17,18)19;/h4-7,11H,1-3,20H2;1H/t11-;/m1./s1. The first-order valence-corrected chi connectivity index (χ1v) is 6.12. The van der Waals surface area contributed by atoms with Crippen molar-refractivity contribution >= 4 is 12.4 Å². The van der Waals surface area contributed by atoms with Gasteiger partial charge < -0.3 is 5.73 Å². The van der Waals surface area contributed by atoms with E-state index < -0.39 is 29.5 Å². The average Bonchev–Trinajstić information content (AvgIpc) is 3.10. The minimum absolute atomic E-state index is 0. The maximum Gasteiger partial charge on any atom is 0.416 e. The predicted octanol–water partition coefficient (Wildman–Crippen LogP) is 4.95. The van der Waals surface area contributed by atoms with Crippen LogP contribution in [0, 0.1) is 5.92 Å². The Kier molecular flexibility index (Phi) is 5.21. The van der Waals surface area contributed by atoms with Crippen LogP contribution in [0.3, 0.4) is 0 Å². The van der Waals surface area contributed by atoms with Crippen LogP contribution in [-0.2, 0) is 12.4 Å². The van der Waals surface area contributed by atoms with Gasteiger partial charge in [0.15, 0.2) is 0 Å². The fourth-order valence-corrected chi connectivity index (χ4v) is 2.04. The van der Waals surface area contributed by atoms with E-state index in [0.717, 1.165) is 12.8 Å². The van der Waals surface area contributed by atoms with Gasteiger partial charge in [0.25, 0.3) is 0 Å². The lowest BCUT2D eigenvalue weighted by atomic mass is 9.97. The summed E-state index contributed by atoms with van der Waals surface area (Å²) in [6.07, 6.45) is -7.37. The van der Waals surface area contributed by atoms with Crippen molar-refractivity contribution in [2.75, 3.05) is 0 Å². The highest BCUT2D eigenvalue weighted by Crippen LogP contribution is 2.40. The zero-order chi connectivity index (χ0) is 15.1. The summed E-state index contributed by atoms with van der Waals surface area (Å²) in [5, 5.41) is 0. The molecule has 0 aliphatic heterocycles. The van der Waals surface area contributed by atoms with Gasteiger partial charge in [0.2, 0.25) is 0 Å². The number of benzene rings is 1. The van der Waals surface area contributed by atoms with Crippen LogP contribution in [0.15, 0.2) is 18.2 Å². The van der Waals surface area contributed by atoms with E-state index in [4.69, 9.17) is 5.73 Å². The summed E-state index contributed by atoms with van der Waals surface area (Å²) in [6.45, 7) is 0. The zero-order valence-electron chi connectivity index (χ0n) is 10.8. The van der Waals surface area contributed by atoms with Crippen molar-refractivity contribution in [3.63, 3.8) is 0 Å². The number of nitrogens with two attached hydrogens (primary N) is 1. The molecule has 1 fully saturated rings.